The van der Waals surface area contributed by atoms with Gasteiger partial charge < -0.3 is 10.4 Å². The van der Waals surface area contributed by atoms with Gasteiger partial charge in [-0.2, -0.15) is 0 Å². The Morgan fingerprint density at radius 2 is 2.23 bits per heavy atom. The summed E-state index contributed by atoms with van der Waals surface area (Å²) in [5.41, 5.74) is 0. The Morgan fingerprint density at radius 3 is 2.69 bits per heavy atom. The molecule has 0 radical (unpaired) electrons. The van der Waals surface area contributed by atoms with Crippen molar-refractivity contribution in [2.24, 2.45) is 5.92 Å². The molecule has 2 unspecified atom stereocenters. The summed E-state index contributed by atoms with van der Waals surface area (Å²) >= 11 is 0. The fraction of sp³-hybridized carbons (Fsp3) is 0.875. The van der Waals surface area contributed by atoms with Crippen molar-refractivity contribution >= 4 is 16.8 Å². The van der Waals surface area contributed by atoms with Gasteiger partial charge in [-0.15, -0.1) is 0 Å². The molecule has 0 bridgehead atoms. The van der Waals surface area contributed by atoms with Crippen LogP contribution in [0.25, 0.3) is 0 Å². The van der Waals surface area contributed by atoms with Gasteiger partial charge in [0.1, 0.15) is 0 Å². The van der Waals surface area contributed by atoms with Crippen LogP contribution in [-0.4, -0.2) is 40.4 Å². The maximum Gasteiger partial charge on any atom is 0.307 e. The second kappa shape index (κ2) is 7.03. The van der Waals surface area contributed by atoms with Crippen molar-refractivity contribution in [2.45, 2.75) is 13.3 Å². The fourth-order valence-corrected chi connectivity index (χ4v) is 1.36. The summed E-state index contributed by atoms with van der Waals surface area (Å²) in [4.78, 5) is 10.4. The second-order valence-electron chi connectivity index (χ2n) is 3.07. The lowest BCUT2D eigenvalue weighted by atomic mass is 10.2. The molecule has 2 atom stereocenters. The number of hydrogen-bond acceptors (Lipinski definition) is 3. The number of carboxylic acid groups (broad SMARTS) is 1. The van der Waals surface area contributed by atoms with Gasteiger partial charge in [0, 0.05) is 29.4 Å². The van der Waals surface area contributed by atoms with Gasteiger partial charge >= 0.3 is 5.97 Å². The quantitative estimate of drug-likeness (QED) is 0.580. The van der Waals surface area contributed by atoms with Crippen LogP contribution in [0, 0.1) is 5.92 Å². The molecule has 2 N–H and O–H groups in total. The van der Waals surface area contributed by atoms with E-state index < -0.39 is 16.8 Å². The molecule has 5 heteroatoms. The maximum atomic E-state index is 10.6. The molecule has 13 heavy (non-hydrogen) atoms. The highest BCUT2D eigenvalue weighted by Crippen LogP contribution is 1.91. The van der Waals surface area contributed by atoms with Crippen LogP contribution in [-0.2, 0) is 15.6 Å². The molecular formula is C8H17NO3S. The Hall–Kier alpha value is -0.420. The predicted octanol–water partition coefficient (Wildman–Crippen LogP) is 0.0653. The summed E-state index contributed by atoms with van der Waals surface area (Å²) in [6.07, 6.45) is 2.50. The Kier molecular flexibility index (Phi) is 6.80. The van der Waals surface area contributed by atoms with E-state index in [-0.39, 0.29) is 5.92 Å². The molecule has 0 aromatic heterocycles. The van der Waals surface area contributed by atoms with Crippen LogP contribution in [0.3, 0.4) is 0 Å². The zero-order valence-corrected chi connectivity index (χ0v) is 8.89. The van der Waals surface area contributed by atoms with E-state index in [2.05, 4.69) is 5.32 Å². The average molecular weight is 207 g/mol. The molecular weight excluding hydrogens is 190 g/mol. The van der Waals surface area contributed by atoms with Crippen LogP contribution in [0.1, 0.15) is 13.3 Å². The summed E-state index contributed by atoms with van der Waals surface area (Å²) in [6, 6.07) is 0. The van der Waals surface area contributed by atoms with Crippen LogP contribution in [0.5, 0.6) is 0 Å². The number of rotatable bonds is 7. The zero-order chi connectivity index (χ0) is 10.3. The molecule has 0 aliphatic heterocycles. The van der Waals surface area contributed by atoms with Crippen molar-refractivity contribution in [1.29, 1.82) is 0 Å². The number of carbonyl (C=O) groups is 1. The summed E-state index contributed by atoms with van der Waals surface area (Å²) in [5, 5.41) is 11.5. The Bertz CT molecular complexity index is 184. The third-order valence-electron chi connectivity index (χ3n) is 1.66. The van der Waals surface area contributed by atoms with Crippen LogP contribution < -0.4 is 5.32 Å². The molecule has 0 saturated heterocycles. The summed E-state index contributed by atoms with van der Waals surface area (Å²) in [5.74, 6) is -0.465. The van der Waals surface area contributed by atoms with Gasteiger partial charge in [-0.3, -0.25) is 9.00 Å². The molecule has 0 aromatic rings. The van der Waals surface area contributed by atoms with Gasteiger partial charge in [0.15, 0.2) is 0 Å². The lowest BCUT2D eigenvalue weighted by Crippen LogP contribution is -2.27. The molecule has 78 valence electrons. The fourth-order valence-electron chi connectivity index (χ4n) is 0.806. The SMILES string of the molecule is CC(CNCCCS(C)=O)C(=O)O. The minimum atomic E-state index is -0.786. The Morgan fingerprint density at radius 1 is 1.62 bits per heavy atom. The monoisotopic (exact) mass is 207 g/mol. The first-order chi connectivity index (χ1) is 6.04. The van der Waals surface area contributed by atoms with Gasteiger partial charge in [0.25, 0.3) is 0 Å². The third-order valence-corrected chi connectivity index (χ3v) is 2.52. The molecule has 0 amide bonds. The number of nitrogens with one attached hydrogen (secondary N) is 1. The van der Waals surface area contributed by atoms with Crippen molar-refractivity contribution in [3.8, 4) is 0 Å². The summed E-state index contributed by atoms with van der Waals surface area (Å²) < 4.78 is 10.6. The largest absolute Gasteiger partial charge is 0.481 e. The third kappa shape index (κ3) is 7.93. The van der Waals surface area contributed by atoms with E-state index in [0.29, 0.717) is 12.3 Å². The molecule has 0 aromatic carbocycles. The predicted molar refractivity (Wildman–Crippen MR) is 53.2 cm³/mol. The van der Waals surface area contributed by atoms with Gasteiger partial charge in [-0.05, 0) is 13.0 Å². The maximum absolute atomic E-state index is 10.6. The topological polar surface area (TPSA) is 66.4 Å². The minimum Gasteiger partial charge on any atom is -0.481 e. The highest BCUT2D eigenvalue weighted by Gasteiger charge is 2.08. The van der Waals surface area contributed by atoms with Crippen LogP contribution in [0.4, 0.5) is 0 Å². The number of hydrogen-bond donors (Lipinski definition) is 2. The molecule has 0 spiro atoms. The average Bonchev–Trinajstić information content (AvgIpc) is 2.02. The summed E-state index contributed by atoms with van der Waals surface area (Å²) in [7, 11) is -0.745. The molecule has 4 nitrogen and oxygen atoms in total. The van der Waals surface area contributed by atoms with E-state index in [1.54, 1.807) is 13.2 Å². The van der Waals surface area contributed by atoms with E-state index in [1.807, 2.05) is 0 Å². The molecule has 0 rings (SSSR count). The minimum absolute atomic E-state index is 0.355. The smallest absolute Gasteiger partial charge is 0.307 e. The number of carboxylic acids is 1. The molecule has 0 aliphatic carbocycles. The molecule has 0 fully saturated rings. The highest BCUT2D eigenvalue weighted by molar-refractivity contribution is 7.84. The molecule has 0 heterocycles. The van der Waals surface area contributed by atoms with Crippen molar-refractivity contribution in [3.05, 3.63) is 0 Å². The van der Waals surface area contributed by atoms with Crippen LogP contribution >= 0.6 is 0 Å². The lowest BCUT2D eigenvalue weighted by molar-refractivity contribution is -0.140. The first-order valence-electron chi connectivity index (χ1n) is 4.27. The van der Waals surface area contributed by atoms with E-state index in [9.17, 15) is 9.00 Å². The van der Waals surface area contributed by atoms with Gasteiger partial charge in [-0.1, -0.05) is 6.92 Å². The standard InChI is InChI=1S/C8H17NO3S/c1-7(8(10)11)6-9-4-3-5-13(2)12/h7,9H,3-6H2,1-2H3,(H,10,11). The van der Waals surface area contributed by atoms with Gasteiger partial charge in [0.05, 0.1) is 5.92 Å². The van der Waals surface area contributed by atoms with Crippen LogP contribution in [0.2, 0.25) is 0 Å². The van der Waals surface area contributed by atoms with Gasteiger partial charge in [-0.25, -0.2) is 0 Å². The molecule has 0 saturated carbocycles. The first-order valence-corrected chi connectivity index (χ1v) is 6.00. The molecule has 0 aliphatic rings. The first kappa shape index (κ1) is 12.6. The van der Waals surface area contributed by atoms with Gasteiger partial charge in [0.2, 0.25) is 0 Å². The Balaban J connectivity index is 3.26. The van der Waals surface area contributed by atoms with E-state index >= 15 is 0 Å². The highest BCUT2D eigenvalue weighted by atomic mass is 32.2. The second-order valence-corrected chi connectivity index (χ2v) is 4.63. The van der Waals surface area contributed by atoms with Crippen molar-refractivity contribution in [2.75, 3.05) is 25.1 Å². The summed E-state index contributed by atoms with van der Waals surface area (Å²) in [6.45, 7) is 2.87. The zero-order valence-electron chi connectivity index (χ0n) is 8.08. The van der Waals surface area contributed by atoms with E-state index in [1.165, 1.54) is 0 Å². The van der Waals surface area contributed by atoms with Crippen molar-refractivity contribution in [1.82, 2.24) is 5.32 Å². The van der Waals surface area contributed by atoms with Crippen LogP contribution in [0.15, 0.2) is 0 Å². The van der Waals surface area contributed by atoms with Crippen molar-refractivity contribution in [3.63, 3.8) is 0 Å². The van der Waals surface area contributed by atoms with E-state index in [4.69, 9.17) is 5.11 Å². The van der Waals surface area contributed by atoms with Crippen molar-refractivity contribution < 1.29 is 14.1 Å². The normalized spacial score (nSPS) is 15.2. The van der Waals surface area contributed by atoms with E-state index in [0.717, 1.165) is 13.0 Å². The lowest BCUT2D eigenvalue weighted by Gasteiger charge is -2.07. The number of aliphatic carboxylic acids is 1. The Labute approximate surface area is 81.2 Å².